The Hall–Kier alpha value is -1.37. The Balaban J connectivity index is 4.50. The van der Waals surface area contributed by atoms with E-state index in [2.05, 4.69) is 26.1 Å². The summed E-state index contributed by atoms with van der Waals surface area (Å²) in [6.45, 7) is 7.69. The van der Waals surface area contributed by atoms with E-state index in [0.29, 0.717) is 12.8 Å². The highest BCUT2D eigenvalue weighted by Gasteiger charge is 2.25. The van der Waals surface area contributed by atoms with E-state index in [4.69, 9.17) is 5.26 Å². The fourth-order valence-corrected chi connectivity index (χ4v) is 1.66. The second-order valence-electron chi connectivity index (χ2n) is 5.27. The highest BCUT2D eigenvalue weighted by molar-refractivity contribution is 5.78. The topological polar surface area (TPSA) is 70.0 Å². The van der Waals surface area contributed by atoms with Crippen molar-refractivity contribution in [3.8, 4) is 6.07 Å². The zero-order chi connectivity index (χ0) is 12.8. The van der Waals surface area contributed by atoms with Crippen LogP contribution in [-0.2, 0) is 9.59 Å². The van der Waals surface area contributed by atoms with Gasteiger partial charge in [-0.1, -0.05) is 20.8 Å². The SMILES string of the molecule is CC(=O)C(CC(C#N)NC=O)CC(C)(C)C. The molecule has 0 aromatic carbocycles. The number of Topliss-reactive ketones (excluding diaryl/α,β-unsaturated/α-hetero) is 1. The Morgan fingerprint density at radius 3 is 2.38 bits per heavy atom. The standard InChI is InChI=1S/C12H20N2O2/c1-9(16)10(6-12(2,3)4)5-11(7-13)14-8-15/h8,10-11H,5-6H2,1-4H3,(H,14,15). The van der Waals surface area contributed by atoms with E-state index in [1.165, 1.54) is 6.92 Å². The maximum absolute atomic E-state index is 11.5. The van der Waals surface area contributed by atoms with Gasteiger partial charge in [-0.2, -0.15) is 5.26 Å². The number of ketones is 1. The normalized spacial score (nSPS) is 14.7. The van der Waals surface area contributed by atoms with E-state index >= 15 is 0 Å². The summed E-state index contributed by atoms with van der Waals surface area (Å²) in [7, 11) is 0. The van der Waals surface area contributed by atoms with Gasteiger partial charge in [0.2, 0.25) is 6.41 Å². The fraction of sp³-hybridized carbons (Fsp3) is 0.750. The van der Waals surface area contributed by atoms with Gasteiger partial charge in [0.25, 0.3) is 0 Å². The molecular formula is C12H20N2O2. The zero-order valence-electron chi connectivity index (χ0n) is 10.4. The Bertz CT molecular complexity index is 286. The lowest BCUT2D eigenvalue weighted by molar-refractivity contribution is -0.122. The van der Waals surface area contributed by atoms with Crippen molar-refractivity contribution in [3.05, 3.63) is 0 Å². The smallest absolute Gasteiger partial charge is 0.208 e. The van der Waals surface area contributed by atoms with Crippen LogP contribution in [-0.4, -0.2) is 18.2 Å². The summed E-state index contributed by atoms with van der Waals surface area (Å²) < 4.78 is 0. The van der Waals surface area contributed by atoms with Crippen LogP contribution < -0.4 is 5.32 Å². The van der Waals surface area contributed by atoms with Crippen LogP contribution in [0.1, 0.15) is 40.5 Å². The minimum atomic E-state index is -0.575. The molecule has 0 aliphatic rings. The molecule has 0 aliphatic carbocycles. The summed E-state index contributed by atoms with van der Waals surface area (Å²) in [5.74, 6) is -0.0972. The number of hydrogen-bond acceptors (Lipinski definition) is 3. The second-order valence-corrected chi connectivity index (χ2v) is 5.27. The van der Waals surface area contributed by atoms with E-state index in [-0.39, 0.29) is 17.1 Å². The molecule has 1 N–H and O–H groups in total. The molecule has 90 valence electrons. The predicted molar refractivity (Wildman–Crippen MR) is 61.5 cm³/mol. The molecule has 0 aromatic heterocycles. The lowest BCUT2D eigenvalue weighted by Crippen LogP contribution is -2.32. The Morgan fingerprint density at radius 2 is 2.06 bits per heavy atom. The molecule has 0 bridgehead atoms. The third kappa shape index (κ3) is 6.18. The molecule has 0 spiro atoms. The molecule has 0 fully saturated rings. The third-order valence-corrected chi connectivity index (χ3v) is 2.38. The molecule has 0 saturated carbocycles. The molecule has 0 aromatic rings. The molecule has 2 unspecified atom stereocenters. The summed E-state index contributed by atoms with van der Waals surface area (Å²) >= 11 is 0. The van der Waals surface area contributed by atoms with Crippen LogP contribution in [0.2, 0.25) is 0 Å². The lowest BCUT2D eigenvalue weighted by atomic mass is 9.80. The molecule has 16 heavy (non-hydrogen) atoms. The lowest BCUT2D eigenvalue weighted by Gasteiger charge is -2.25. The van der Waals surface area contributed by atoms with Crippen LogP contribution in [0, 0.1) is 22.7 Å². The first-order chi connectivity index (χ1) is 7.30. The van der Waals surface area contributed by atoms with Gasteiger partial charge in [-0.25, -0.2) is 0 Å². The van der Waals surface area contributed by atoms with Crippen molar-refractivity contribution < 1.29 is 9.59 Å². The van der Waals surface area contributed by atoms with Crippen molar-refractivity contribution in [2.75, 3.05) is 0 Å². The average Bonchev–Trinajstić information content (AvgIpc) is 2.13. The summed E-state index contributed by atoms with van der Waals surface area (Å²) in [5.41, 5.74) is 0.0392. The van der Waals surface area contributed by atoms with Crippen molar-refractivity contribution in [2.45, 2.75) is 46.6 Å². The maximum Gasteiger partial charge on any atom is 0.208 e. The van der Waals surface area contributed by atoms with Gasteiger partial charge < -0.3 is 5.32 Å². The number of rotatable bonds is 6. The summed E-state index contributed by atoms with van der Waals surface area (Å²) in [5, 5.41) is 11.2. The number of hydrogen-bond donors (Lipinski definition) is 1. The Kier molecular flexibility index (Phi) is 5.73. The molecule has 1 amide bonds. The number of nitriles is 1. The van der Waals surface area contributed by atoms with E-state index in [0.717, 1.165) is 6.42 Å². The van der Waals surface area contributed by atoms with Gasteiger partial charge >= 0.3 is 0 Å². The minimum absolute atomic E-state index is 0.0392. The van der Waals surface area contributed by atoms with E-state index in [1.807, 2.05) is 6.07 Å². The highest BCUT2D eigenvalue weighted by atomic mass is 16.1. The average molecular weight is 224 g/mol. The summed E-state index contributed by atoms with van der Waals surface area (Å²) in [4.78, 5) is 21.7. The first kappa shape index (κ1) is 14.6. The van der Waals surface area contributed by atoms with E-state index in [9.17, 15) is 9.59 Å². The summed E-state index contributed by atoms with van der Waals surface area (Å²) in [6.07, 6.45) is 1.62. The molecule has 0 saturated heterocycles. The van der Waals surface area contributed by atoms with Gasteiger partial charge in [0.1, 0.15) is 11.8 Å². The molecule has 2 atom stereocenters. The molecule has 4 heteroatoms. The quantitative estimate of drug-likeness (QED) is 0.697. The monoisotopic (exact) mass is 224 g/mol. The van der Waals surface area contributed by atoms with Gasteiger partial charge in [-0.3, -0.25) is 9.59 Å². The molecule has 4 nitrogen and oxygen atoms in total. The van der Waals surface area contributed by atoms with Crippen molar-refractivity contribution in [1.29, 1.82) is 5.26 Å². The van der Waals surface area contributed by atoms with Crippen molar-refractivity contribution >= 4 is 12.2 Å². The van der Waals surface area contributed by atoms with Gasteiger partial charge in [-0.15, -0.1) is 0 Å². The minimum Gasteiger partial charge on any atom is -0.343 e. The van der Waals surface area contributed by atoms with Gasteiger partial charge in [0.15, 0.2) is 0 Å². The number of carbonyl (C=O) groups excluding carboxylic acids is 2. The van der Waals surface area contributed by atoms with Crippen LogP contribution in [0.4, 0.5) is 0 Å². The third-order valence-electron chi connectivity index (χ3n) is 2.38. The molecule has 0 heterocycles. The Labute approximate surface area is 97.0 Å². The van der Waals surface area contributed by atoms with Crippen molar-refractivity contribution in [2.24, 2.45) is 11.3 Å². The van der Waals surface area contributed by atoms with Crippen LogP contribution >= 0.6 is 0 Å². The van der Waals surface area contributed by atoms with Gasteiger partial charge in [0.05, 0.1) is 6.07 Å². The summed E-state index contributed by atoms with van der Waals surface area (Å²) in [6, 6.07) is 1.40. The van der Waals surface area contributed by atoms with Crippen molar-refractivity contribution in [3.63, 3.8) is 0 Å². The predicted octanol–water partition coefficient (Wildman–Crippen LogP) is 1.66. The molecule has 0 rings (SSSR count). The fourth-order valence-electron chi connectivity index (χ4n) is 1.66. The second kappa shape index (κ2) is 6.26. The molecule has 0 radical (unpaired) electrons. The van der Waals surface area contributed by atoms with E-state index < -0.39 is 6.04 Å². The molecule has 0 aliphatic heterocycles. The van der Waals surface area contributed by atoms with Crippen LogP contribution in [0.15, 0.2) is 0 Å². The van der Waals surface area contributed by atoms with Crippen LogP contribution in [0.25, 0.3) is 0 Å². The van der Waals surface area contributed by atoms with Crippen LogP contribution in [0.5, 0.6) is 0 Å². The maximum atomic E-state index is 11.5. The highest BCUT2D eigenvalue weighted by Crippen LogP contribution is 2.27. The number of nitrogens with one attached hydrogen (secondary N) is 1. The number of carbonyl (C=O) groups is 2. The van der Waals surface area contributed by atoms with Crippen molar-refractivity contribution in [1.82, 2.24) is 5.32 Å². The zero-order valence-corrected chi connectivity index (χ0v) is 10.4. The number of amides is 1. The number of nitrogens with zero attached hydrogens (tertiary/aromatic N) is 1. The van der Waals surface area contributed by atoms with Gasteiger partial charge in [0, 0.05) is 5.92 Å². The Morgan fingerprint density at radius 1 is 1.50 bits per heavy atom. The first-order valence-electron chi connectivity index (χ1n) is 5.40. The largest absolute Gasteiger partial charge is 0.343 e. The first-order valence-corrected chi connectivity index (χ1v) is 5.40. The van der Waals surface area contributed by atoms with Crippen LogP contribution in [0.3, 0.4) is 0 Å². The van der Waals surface area contributed by atoms with Gasteiger partial charge in [-0.05, 0) is 25.2 Å². The molecular weight excluding hydrogens is 204 g/mol. The van der Waals surface area contributed by atoms with E-state index in [1.54, 1.807) is 0 Å².